The molecule has 1 amide bonds. The molecule has 22 heavy (non-hydrogen) atoms. The van der Waals surface area contributed by atoms with Gasteiger partial charge in [-0.3, -0.25) is 0 Å². The Bertz CT molecular complexity index is 707. The van der Waals surface area contributed by atoms with Crippen molar-refractivity contribution in [1.29, 1.82) is 0 Å². The lowest BCUT2D eigenvalue weighted by Crippen LogP contribution is -2.26. The first-order valence-electron chi connectivity index (χ1n) is 6.73. The Balaban J connectivity index is 1.84. The highest BCUT2D eigenvalue weighted by atomic mass is 35.5. The fourth-order valence-electron chi connectivity index (χ4n) is 2.45. The van der Waals surface area contributed by atoms with Gasteiger partial charge < -0.3 is 15.3 Å². The van der Waals surface area contributed by atoms with Crippen molar-refractivity contribution in [2.24, 2.45) is 0 Å². The maximum Gasteiger partial charge on any atom is 0.407 e. The maximum absolute atomic E-state index is 11.0. The van der Waals surface area contributed by atoms with Gasteiger partial charge in [0.15, 0.2) is 5.01 Å². The van der Waals surface area contributed by atoms with Crippen molar-refractivity contribution in [3.63, 3.8) is 0 Å². The van der Waals surface area contributed by atoms with Gasteiger partial charge in [-0.25, -0.2) is 9.78 Å². The predicted molar refractivity (Wildman–Crippen MR) is 84.7 cm³/mol. The van der Waals surface area contributed by atoms with Crippen LogP contribution in [0.25, 0.3) is 10.6 Å². The molecule has 1 aliphatic heterocycles. The number of hydrogen-bond acceptors (Lipinski definition) is 6. The van der Waals surface area contributed by atoms with Crippen LogP contribution in [-0.2, 0) is 0 Å². The van der Waals surface area contributed by atoms with Crippen LogP contribution in [0.5, 0.6) is 0 Å². The van der Waals surface area contributed by atoms with E-state index < -0.39 is 6.09 Å². The van der Waals surface area contributed by atoms with Gasteiger partial charge in [-0.2, -0.15) is 0 Å². The molecule has 2 aromatic rings. The number of anilines is 1. The monoisotopic (exact) mass is 339 g/mol. The molecule has 0 saturated carbocycles. The summed E-state index contributed by atoms with van der Waals surface area (Å²) in [6.45, 7) is 1.01. The Morgan fingerprint density at radius 2 is 2.36 bits per heavy atom. The number of carboxylic acid groups (broad SMARTS) is 1. The van der Waals surface area contributed by atoms with E-state index in [1.54, 1.807) is 19.3 Å². The van der Waals surface area contributed by atoms with Crippen LogP contribution in [0.15, 0.2) is 12.3 Å². The molecule has 1 atom stereocenters. The number of pyridine rings is 1. The van der Waals surface area contributed by atoms with Crippen molar-refractivity contribution in [2.45, 2.75) is 12.3 Å². The third-order valence-electron chi connectivity index (χ3n) is 3.62. The van der Waals surface area contributed by atoms with Crippen molar-refractivity contribution in [3.05, 3.63) is 22.4 Å². The Morgan fingerprint density at radius 1 is 1.55 bits per heavy atom. The van der Waals surface area contributed by atoms with E-state index >= 15 is 0 Å². The number of amides is 1. The van der Waals surface area contributed by atoms with Crippen molar-refractivity contribution in [3.8, 4) is 10.6 Å². The number of nitrogens with zero attached hydrogens (tertiary/aromatic N) is 4. The molecule has 1 unspecified atom stereocenters. The van der Waals surface area contributed by atoms with Crippen LogP contribution in [0.4, 0.5) is 10.5 Å². The lowest BCUT2D eigenvalue weighted by atomic mass is 10.1. The van der Waals surface area contributed by atoms with Gasteiger partial charge in [0.25, 0.3) is 0 Å². The van der Waals surface area contributed by atoms with Crippen LogP contribution in [0.2, 0.25) is 5.15 Å². The van der Waals surface area contributed by atoms with Crippen LogP contribution >= 0.6 is 22.9 Å². The molecule has 7 nitrogen and oxygen atoms in total. The maximum atomic E-state index is 11.0. The highest BCUT2D eigenvalue weighted by molar-refractivity contribution is 7.14. The van der Waals surface area contributed by atoms with Crippen molar-refractivity contribution < 1.29 is 9.90 Å². The molecule has 9 heteroatoms. The summed E-state index contributed by atoms with van der Waals surface area (Å²) < 4.78 is 0. The molecule has 0 spiro atoms. The molecule has 1 aliphatic rings. The van der Waals surface area contributed by atoms with E-state index in [4.69, 9.17) is 16.7 Å². The Labute approximate surface area is 136 Å². The van der Waals surface area contributed by atoms with Crippen LogP contribution in [0.3, 0.4) is 0 Å². The second kappa shape index (κ2) is 6.05. The number of carbonyl (C=O) groups is 1. The van der Waals surface area contributed by atoms with Crippen LogP contribution in [0, 0.1) is 0 Å². The Morgan fingerprint density at radius 3 is 3.05 bits per heavy atom. The van der Waals surface area contributed by atoms with E-state index in [-0.39, 0.29) is 5.92 Å². The summed E-state index contributed by atoms with van der Waals surface area (Å²) in [7, 11) is 1.80. The van der Waals surface area contributed by atoms with Gasteiger partial charge in [0.1, 0.15) is 10.2 Å². The number of halogens is 1. The van der Waals surface area contributed by atoms with Gasteiger partial charge in [-0.05, 0) is 12.5 Å². The third-order valence-corrected chi connectivity index (χ3v) is 4.94. The molecule has 3 rings (SSSR count). The zero-order chi connectivity index (χ0) is 15.7. The van der Waals surface area contributed by atoms with E-state index in [2.05, 4.69) is 20.5 Å². The summed E-state index contributed by atoms with van der Waals surface area (Å²) in [6.07, 6.45) is 1.56. The molecule has 0 radical (unpaired) electrons. The molecule has 116 valence electrons. The number of nitrogens with one attached hydrogen (secondary N) is 1. The number of aromatic nitrogens is 3. The van der Waals surface area contributed by atoms with Gasteiger partial charge in [-0.1, -0.05) is 22.9 Å². The van der Waals surface area contributed by atoms with Crippen LogP contribution in [-0.4, -0.2) is 51.4 Å². The van der Waals surface area contributed by atoms with E-state index in [1.165, 1.54) is 16.2 Å². The molecular formula is C13H14ClN5O2S. The Hall–Kier alpha value is -1.93. The van der Waals surface area contributed by atoms with Gasteiger partial charge in [0, 0.05) is 37.9 Å². The smallest absolute Gasteiger partial charge is 0.407 e. The van der Waals surface area contributed by atoms with Gasteiger partial charge in [0.2, 0.25) is 0 Å². The first-order chi connectivity index (χ1) is 10.6. The lowest BCUT2D eigenvalue weighted by molar-refractivity contribution is 0.155. The van der Waals surface area contributed by atoms with E-state index in [0.29, 0.717) is 18.2 Å². The summed E-state index contributed by atoms with van der Waals surface area (Å²) in [5.74, 6) is 0.112. The van der Waals surface area contributed by atoms with Crippen molar-refractivity contribution in [1.82, 2.24) is 20.1 Å². The molecule has 3 heterocycles. The number of likely N-dealkylation sites (tertiary alicyclic amines) is 1. The quantitative estimate of drug-likeness (QED) is 0.835. The molecule has 0 aliphatic carbocycles. The SMILES string of the molecule is CNc1cc(Cl)ncc1-c1nnc(C2CCN(C(=O)O)C2)s1. The molecule has 1 fully saturated rings. The molecule has 0 aromatic carbocycles. The molecule has 2 N–H and O–H groups in total. The van der Waals surface area contributed by atoms with E-state index in [0.717, 1.165) is 27.7 Å². The second-order valence-corrected chi connectivity index (χ2v) is 6.36. The minimum Gasteiger partial charge on any atom is -0.465 e. The standard InChI is InChI=1S/C13H14ClN5O2S/c1-15-9-4-10(14)16-5-8(9)12-18-17-11(22-12)7-2-3-19(6-7)13(20)21/h4-5,7H,2-3,6H2,1H3,(H,15,16)(H,20,21). The summed E-state index contributed by atoms with van der Waals surface area (Å²) >= 11 is 7.36. The zero-order valence-corrected chi connectivity index (χ0v) is 13.4. The molecule has 1 saturated heterocycles. The minimum atomic E-state index is -0.883. The van der Waals surface area contributed by atoms with Gasteiger partial charge in [0.05, 0.1) is 5.56 Å². The normalized spacial score (nSPS) is 17.7. The lowest BCUT2D eigenvalue weighted by Gasteiger charge is -2.10. The van der Waals surface area contributed by atoms with E-state index in [1.807, 2.05) is 0 Å². The predicted octanol–water partition coefficient (Wildman–Crippen LogP) is 2.76. The third kappa shape index (κ3) is 2.84. The fraction of sp³-hybridized carbons (Fsp3) is 0.385. The average molecular weight is 340 g/mol. The highest BCUT2D eigenvalue weighted by Crippen LogP contribution is 2.35. The van der Waals surface area contributed by atoms with Crippen LogP contribution in [0.1, 0.15) is 17.3 Å². The zero-order valence-electron chi connectivity index (χ0n) is 11.8. The largest absolute Gasteiger partial charge is 0.465 e. The highest BCUT2D eigenvalue weighted by Gasteiger charge is 2.29. The van der Waals surface area contributed by atoms with Crippen molar-refractivity contribution >= 4 is 34.7 Å². The van der Waals surface area contributed by atoms with E-state index in [9.17, 15) is 4.79 Å². The summed E-state index contributed by atoms with van der Waals surface area (Å²) in [6, 6.07) is 1.74. The van der Waals surface area contributed by atoms with Crippen molar-refractivity contribution in [2.75, 3.05) is 25.5 Å². The van der Waals surface area contributed by atoms with Crippen LogP contribution < -0.4 is 5.32 Å². The molecular weight excluding hydrogens is 326 g/mol. The summed E-state index contributed by atoms with van der Waals surface area (Å²) in [4.78, 5) is 16.5. The first-order valence-corrected chi connectivity index (χ1v) is 7.93. The number of rotatable bonds is 3. The summed E-state index contributed by atoms with van der Waals surface area (Å²) in [5.41, 5.74) is 1.67. The Kier molecular flexibility index (Phi) is 4.12. The topological polar surface area (TPSA) is 91.2 Å². The minimum absolute atomic E-state index is 0.112. The van der Waals surface area contributed by atoms with Gasteiger partial charge in [-0.15, -0.1) is 10.2 Å². The van der Waals surface area contributed by atoms with Gasteiger partial charge >= 0.3 is 6.09 Å². The summed E-state index contributed by atoms with van der Waals surface area (Å²) in [5, 5.41) is 22.5. The average Bonchev–Trinajstić information content (AvgIpc) is 3.15. The molecule has 2 aromatic heterocycles. The number of hydrogen-bond donors (Lipinski definition) is 2. The fourth-order valence-corrected chi connectivity index (χ4v) is 3.60. The molecule has 0 bridgehead atoms. The second-order valence-electron chi connectivity index (χ2n) is 4.96. The first kappa shape index (κ1) is 15.0.